The largest absolute Gasteiger partial charge is 0.366 e. The van der Waals surface area contributed by atoms with Crippen molar-refractivity contribution in [2.45, 2.75) is 46.7 Å². The Labute approximate surface area is 122 Å². The van der Waals surface area contributed by atoms with E-state index in [4.69, 9.17) is 0 Å². The predicted molar refractivity (Wildman–Crippen MR) is 83.5 cm³/mol. The van der Waals surface area contributed by atoms with Gasteiger partial charge in [-0.3, -0.25) is 0 Å². The van der Waals surface area contributed by atoms with E-state index in [0.29, 0.717) is 17.9 Å². The van der Waals surface area contributed by atoms with Crippen LogP contribution in [0.15, 0.2) is 18.2 Å². The molecule has 2 unspecified atom stereocenters. The second-order valence-electron chi connectivity index (χ2n) is 6.65. The van der Waals surface area contributed by atoms with E-state index in [1.807, 2.05) is 12.1 Å². The topological polar surface area (TPSA) is 15.3 Å². The van der Waals surface area contributed by atoms with Gasteiger partial charge in [0.1, 0.15) is 5.82 Å². The zero-order valence-corrected chi connectivity index (χ0v) is 13.1. The predicted octanol–water partition coefficient (Wildman–Crippen LogP) is 3.81. The molecule has 1 aliphatic heterocycles. The van der Waals surface area contributed by atoms with Gasteiger partial charge in [-0.05, 0) is 49.4 Å². The van der Waals surface area contributed by atoms with E-state index < -0.39 is 0 Å². The molecule has 0 bridgehead atoms. The number of nitrogens with one attached hydrogen (secondary N) is 1. The molecule has 20 heavy (non-hydrogen) atoms. The molecule has 0 amide bonds. The fourth-order valence-electron chi connectivity index (χ4n) is 3.03. The fraction of sp³-hybridized carbons (Fsp3) is 0.647. The van der Waals surface area contributed by atoms with Crippen LogP contribution in [0.25, 0.3) is 0 Å². The van der Waals surface area contributed by atoms with Crippen LogP contribution in [0.2, 0.25) is 0 Å². The van der Waals surface area contributed by atoms with E-state index in [0.717, 1.165) is 37.3 Å². The maximum absolute atomic E-state index is 14.3. The lowest BCUT2D eigenvalue weighted by Crippen LogP contribution is -2.27. The molecule has 0 saturated carbocycles. The van der Waals surface area contributed by atoms with Gasteiger partial charge >= 0.3 is 0 Å². The number of rotatable bonds is 5. The van der Waals surface area contributed by atoms with Gasteiger partial charge in [-0.2, -0.15) is 0 Å². The first-order valence-electron chi connectivity index (χ1n) is 7.73. The summed E-state index contributed by atoms with van der Waals surface area (Å²) in [5.41, 5.74) is 1.78. The average Bonchev–Trinajstić information content (AvgIpc) is 2.68. The monoisotopic (exact) mass is 278 g/mol. The minimum atomic E-state index is -0.0882. The van der Waals surface area contributed by atoms with E-state index in [1.165, 1.54) is 0 Å². The third kappa shape index (κ3) is 3.72. The molecule has 2 atom stereocenters. The van der Waals surface area contributed by atoms with Crippen molar-refractivity contribution >= 4 is 5.69 Å². The quantitative estimate of drug-likeness (QED) is 0.881. The Kier molecular flexibility index (Phi) is 5.03. The number of halogens is 1. The molecule has 2 nitrogen and oxygen atoms in total. The van der Waals surface area contributed by atoms with Crippen LogP contribution in [0.3, 0.4) is 0 Å². The summed E-state index contributed by atoms with van der Waals surface area (Å²) in [4.78, 5) is 2.20. The van der Waals surface area contributed by atoms with Gasteiger partial charge in [-0.1, -0.05) is 26.8 Å². The molecule has 1 heterocycles. The smallest absolute Gasteiger partial charge is 0.146 e. The zero-order valence-electron chi connectivity index (χ0n) is 13.1. The minimum absolute atomic E-state index is 0.0882. The summed E-state index contributed by atoms with van der Waals surface area (Å²) < 4.78 is 14.3. The van der Waals surface area contributed by atoms with Gasteiger partial charge in [-0.15, -0.1) is 0 Å². The summed E-state index contributed by atoms with van der Waals surface area (Å²) in [6.07, 6.45) is 1.15. The molecule has 112 valence electrons. The first-order chi connectivity index (χ1) is 9.47. The highest BCUT2D eigenvalue weighted by Crippen LogP contribution is 2.30. The second kappa shape index (κ2) is 6.57. The highest BCUT2D eigenvalue weighted by molar-refractivity contribution is 5.51. The third-order valence-corrected chi connectivity index (χ3v) is 3.99. The summed E-state index contributed by atoms with van der Waals surface area (Å²) >= 11 is 0. The average molecular weight is 278 g/mol. The van der Waals surface area contributed by atoms with E-state index in [-0.39, 0.29) is 5.82 Å². The van der Waals surface area contributed by atoms with Gasteiger partial charge in [0.25, 0.3) is 0 Å². The molecule has 1 aliphatic rings. The van der Waals surface area contributed by atoms with Gasteiger partial charge in [0, 0.05) is 19.1 Å². The number of hydrogen-bond acceptors (Lipinski definition) is 2. The van der Waals surface area contributed by atoms with Gasteiger partial charge in [-0.25, -0.2) is 4.39 Å². The van der Waals surface area contributed by atoms with E-state index in [1.54, 1.807) is 6.07 Å². The summed E-state index contributed by atoms with van der Waals surface area (Å²) in [6.45, 7) is 11.4. The summed E-state index contributed by atoms with van der Waals surface area (Å²) in [6, 6.07) is 6.10. The first-order valence-corrected chi connectivity index (χ1v) is 7.73. The fourth-order valence-corrected chi connectivity index (χ4v) is 3.03. The normalized spacial score (nSPS) is 22.8. The molecular weight excluding hydrogens is 251 g/mol. The van der Waals surface area contributed by atoms with Crippen molar-refractivity contribution in [2.75, 3.05) is 18.0 Å². The van der Waals surface area contributed by atoms with Crippen LogP contribution in [0.1, 0.15) is 39.7 Å². The van der Waals surface area contributed by atoms with Crippen molar-refractivity contribution < 1.29 is 4.39 Å². The third-order valence-electron chi connectivity index (χ3n) is 3.99. The second-order valence-corrected chi connectivity index (χ2v) is 6.65. The van der Waals surface area contributed by atoms with Crippen LogP contribution in [-0.2, 0) is 6.54 Å². The van der Waals surface area contributed by atoms with Crippen molar-refractivity contribution in [1.29, 1.82) is 0 Å². The highest BCUT2D eigenvalue weighted by Gasteiger charge is 2.27. The van der Waals surface area contributed by atoms with E-state index >= 15 is 0 Å². The Balaban J connectivity index is 2.02. The molecule has 1 aromatic carbocycles. The molecule has 0 radical (unpaired) electrons. The van der Waals surface area contributed by atoms with E-state index in [2.05, 4.69) is 37.9 Å². The Bertz CT molecular complexity index is 445. The summed E-state index contributed by atoms with van der Waals surface area (Å²) in [5, 5.41) is 3.35. The minimum Gasteiger partial charge on any atom is -0.366 e. The van der Waals surface area contributed by atoms with Gasteiger partial charge in [0.05, 0.1) is 5.69 Å². The van der Waals surface area contributed by atoms with Crippen LogP contribution in [-0.4, -0.2) is 19.1 Å². The molecular formula is C17H27FN2. The Morgan fingerprint density at radius 2 is 2.10 bits per heavy atom. The lowest BCUT2D eigenvalue weighted by molar-refractivity contribution is 0.549. The van der Waals surface area contributed by atoms with Crippen LogP contribution in [0, 0.1) is 17.7 Å². The molecule has 1 N–H and O–H groups in total. The molecule has 3 heteroatoms. The highest BCUT2D eigenvalue weighted by atomic mass is 19.1. The van der Waals surface area contributed by atoms with Crippen molar-refractivity contribution in [2.24, 2.45) is 11.8 Å². The van der Waals surface area contributed by atoms with E-state index in [9.17, 15) is 4.39 Å². The van der Waals surface area contributed by atoms with Gasteiger partial charge in [0.15, 0.2) is 0 Å². The Morgan fingerprint density at radius 3 is 2.65 bits per heavy atom. The number of nitrogens with zero attached hydrogens (tertiary/aromatic N) is 1. The lowest BCUT2D eigenvalue weighted by Gasteiger charge is -2.24. The zero-order chi connectivity index (χ0) is 14.7. The lowest BCUT2D eigenvalue weighted by atomic mass is 10.1. The standard InChI is InChI=1S/C17H27FN2/c1-12(2)9-19-10-15-5-6-17(16(18)8-15)20-11-13(3)7-14(20)4/h5-6,8,12-14,19H,7,9-11H2,1-4H3. The van der Waals surface area contributed by atoms with Gasteiger partial charge in [0.2, 0.25) is 0 Å². The van der Waals surface area contributed by atoms with Crippen LogP contribution in [0.5, 0.6) is 0 Å². The maximum atomic E-state index is 14.3. The van der Waals surface area contributed by atoms with Crippen molar-refractivity contribution in [3.05, 3.63) is 29.6 Å². The van der Waals surface area contributed by atoms with Crippen LogP contribution in [0.4, 0.5) is 10.1 Å². The number of hydrogen-bond donors (Lipinski definition) is 1. The maximum Gasteiger partial charge on any atom is 0.146 e. The number of anilines is 1. The van der Waals surface area contributed by atoms with Crippen molar-refractivity contribution in [1.82, 2.24) is 5.32 Å². The molecule has 1 saturated heterocycles. The molecule has 0 spiro atoms. The SMILES string of the molecule is CC(C)CNCc1ccc(N2CC(C)CC2C)c(F)c1. The summed E-state index contributed by atoms with van der Waals surface area (Å²) in [5.74, 6) is 1.18. The molecule has 1 aromatic rings. The molecule has 0 aliphatic carbocycles. The van der Waals surface area contributed by atoms with Crippen LogP contribution >= 0.6 is 0 Å². The van der Waals surface area contributed by atoms with Crippen LogP contribution < -0.4 is 10.2 Å². The first kappa shape index (κ1) is 15.3. The van der Waals surface area contributed by atoms with Crippen molar-refractivity contribution in [3.63, 3.8) is 0 Å². The summed E-state index contributed by atoms with van der Waals surface area (Å²) in [7, 11) is 0. The molecule has 1 fully saturated rings. The molecule has 0 aromatic heterocycles. The van der Waals surface area contributed by atoms with Crippen molar-refractivity contribution in [3.8, 4) is 0 Å². The number of benzene rings is 1. The van der Waals surface area contributed by atoms with Gasteiger partial charge < -0.3 is 10.2 Å². The Hall–Kier alpha value is -1.09. The molecule has 2 rings (SSSR count). The Morgan fingerprint density at radius 1 is 1.35 bits per heavy atom.